The highest BCUT2D eigenvalue weighted by Gasteiger charge is 2.17. The van der Waals surface area contributed by atoms with E-state index in [-0.39, 0.29) is 10.5 Å². The van der Waals surface area contributed by atoms with E-state index in [0.29, 0.717) is 3.57 Å². The third-order valence-corrected chi connectivity index (χ3v) is 3.40. The van der Waals surface area contributed by atoms with E-state index in [1.165, 1.54) is 12.1 Å². The molecular formula is C8H7IO4S. The molecule has 14 heavy (non-hydrogen) atoms. The SMILES string of the molecule is CS(=O)(=O)c1ccc(I)cc1C(=O)O. The largest absolute Gasteiger partial charge is 0.478 e. The first-order valence-electron chi connectivity index (χ1n) is 3.55. The summed E-state index contributed by atoms with van der Waals surface area (Å²) in [6, 6.07) is 4.20. The first-order valence-corrected chi connectivity index (χ1v) is 6.52. The molecule has 4 nitrogen and oxygen atoms in total. The van der Waals surface area contributed by atoms with Gasteiger partial charge in [0.1, 0.15) is 0 Å². The summed E-state index contributed by atoms with van der Waals surface area (Å²) in [5.74, 6) is -1.23. The highest BCUT2D eigenvalue weighted by Crippen LogP contribution is 2.18. The van der Waals surface area contributed by atoms with E-state index in [9.17, 15) is 13.2 Å². The van der Waals surface area contributed by atoms with Crippen LogP contribution >= 0.6 is 22.6 Å². The third-order valence-electron chi connectivity index (χ3n) is 1.57. The second-order valence-corrected chi connectivity index (χ2v) is 5.95. The van der Waals surface area contributed by atoms with Crippen molar-refractivity contribution in [2.24, 2.45) is 0 Å². The van der Waals surface area contributed by atoms with Gasteiger partial charge in [0, 0.05) is 9.83 Å². The number of hydrogen-bond acceptors (Lipinski definition) is 3. The second kappa shape index (κ2) is 3.85. The van der Waals surface area contributed by atoms with Crippen molar-refractivity contribution >= 4 is 38.4 Å². The van der Waals surface area contributed by atoms with Crippen LogP contribution in [0.5, 0.6) is 0 Å². The fourth-order valence-corrected chi connectivity index (χ4v) is 2.34. The van der Waals surface area contributed by atoms with Crippen LogP contribution in [-0.2, 0) is 9.84 Å². The molecule has 0 spiro atoms. The van der Waals surface area contributed by atoms with Gasteiger partial charge in [0.05, 0.1) is 10.5 Å². The molecule has 0 aliphatic carbocycles. The molecule has 0 fully saturated rings. The van der Waals surface area contributed by atoms with Gasteiger partial charge in [-0.15, -0.1) is 0 Å². The summed E-state index contributed by atoms with van der Waals surface area (Å²) in [4.78, 5) is 10.6. The van der Waals surface area contributed by atoms with Gasteiger partial charge in [0.2, 0.25) is 0 Å². The van der Waals surface area contributed by atoms with Crippen molar-refractivity contribution in [2.75, 3.05) is 6.26 Å². The number of hydrogen-bond donors (Lipinski definition) is 1. The summed E-state index contributed by atoms with van der Waals surface area (Å²) in [6.07, 6.45) is 0.988. The van der Waals surface area contributed by atoms with Crippen LogP contribution in [0.1, 0.15) is 10.4 Å². The fraction of sp³-hybridized carbons (Fsp3) is 0.125. The summed E-state index contributed by atoms with van der Waals surface area (Å²) in [7, 11) is -3.48. The van der Waals surface area contributed by atoms with Gasteiger partial charge in [-0.05, 0) is 40.8 Å². The number of carboxylic acids is 1. The Hall–Kier alpha value is -0.630. The summed E-state index contributed by atoms with van der Waals surface area (Å²) in [5, 5.41) is 8.79. The molecule has 0 radical (unpaired) electrons. The number of carbonyl (C=O) groups is 1. The van der Waals surface area contributed by atoms with E-state index < -0.39 is 15.8 Å². The van der Waals surface area contributed by atoms with Crippen LogP contribution < -0.4 is 0 Å². The molecule has 1 rings (SSSR count). The molecule has 0 heterocycles. The Morgan fingerprint density at radius 2 is 2.00 bits per heavy atom. The number of benzene rings is 1. The molecule has 0 atom stereocenters. The molecule has 0 saturated carbocycles. The van der Waals surface area contributed by atoms with E-state index in [0.717, 1.165) is 6.26 Å². The zero-order valence-corrected chi connectivity index (χ0v) is 10.2. The van der Waals surface area contributed by atoms with Crippen molar-refractivity contribution in [3.05, 3.63) is 27.3 Å². The predicted octanol–water partition coefficient (Wildman–Crippen LogP) is 1.39. The zero-order valence-electron chi connectivity index (χ0n) is 7.19. The molecule has 0 amide bonds. The van der Waals surface area contributed by atoms with Crippen LogP contribution in [0.3, 0.4) is 0 Å². The quantitative estimate of drug-likeness (QED) is 0.834. The van der Waals surface area contributed by atoms with Crippen molar-refractivity contribution in [1.82, 2.24) is 0 Å². The molecule has 0 aromatic heterocycles. The molecule has 0 saturated heterocycles. The van der Waals surface area contributed by atoms with E-state index >= 15 is 0 Å². The summed E-state index contributed by atoms with van der Waals surface area (Å²) < 4.78 is 23.1. The Balaban J connectivity index is 3.53. The Bertz CT molecular complexity index is 478. The molecule has 0 aliphatic heterocycles. The van der Waals surface area contributed by atoms with Gasteiger partial charge in [-0.3, -0.25) is 0 Å². The number of carboxylic acid groups (broad SMARTS) is 1. The number of halogens is 1. The van der Waals surface area contributed by atoms with Crippen molar-refractivity contribution in [1.29, 1.82) is 0 Å². The van der Waals surface area contributed by atoms with Gasteiger partial charge in [0.15, 0.2) is 9.84 Å². The molecule has 0 unspecified atom stereocenters. The second-order valence-electron chi connectivity index (χ2n) is 2.72. The number of aromatic carboxylic acids is 1. The lowest BCUT2D eigenvalue weighted by atomic mass is 10.2. The topological polar surface area (TPSA) is 71.4 Å². The van der Waals surface area contributed by atoms with E-state index in [1.54, 1.807) is 6.07 Å². The molecule has 1 N–H and O–H groups in total. The Kier molecular flexibility index (Phi) is 3.15. The highest BCUT2D eigenvalue weighted by molar-refractivity contribution is 14.1. The molecule has 0 aliphatic rings. The minimum atomic E-state index is -3.48. The maximum atomic E-state index is 11.2. The van der Waals surface area contributed by atoms with E-state index in [4.69, 9.17) is 5.11 Å². The van der Waals surface area contributed by atoms with Crippen LogP contribution in [0.15, 0.2) is 23.1 Å². The fourth-order valence-electron chi connectivity index (χ4n) is 0.993. The van der Waals surface area contributed by atoms with Crippen LogP contribution in [0.25, 0.3) is 0 Å². The molecule has 76 valence electrons. The minimum absolute atomic E-state index is 0.148. The smallest absolute Gasteiger partial charge is 0.337 e. The van der Waals surface area contributed by atoms with E-state index in [1.807, 2.05) is 22.6 Å². The van der Waals surface area contributed by atoms with Crippen LogP contribution in [-0.4, -0.2) is 25.7 Å². The Labute approximate surface area is 95.0 Å². The van der Waals surface area contributed by atoms with Crippen LogP contribution in [0.4, 0.5) is 0 Å². The molecule has 1 aromatic carbocycles. The molecule has 1 aromatic rings. The van der Waals surface area contributed by atoms with Gasteiger partial charge >= 0.3 is 5.97 Å². The van der Waals surface area contributed by atoms with Gasteiger partial charge in [-0.25, -0.2) is 13.2 Å². The number of sulfone groups is 1. The average Bonchev–Trinajstić information content (AvgIpc) is 2.01. The van der Waals surface area contributed by atoms with Gasteiger partial charge in [0.25, 0.3) is 0 Å². The Morgan fingerprint density at radius 1 is 1.43 bits per heavy atom. The molecular weight excluding hydrogens is 319 g/mol. The van der Waals surface area contributed by atoms with Gasteiger partial charge in [-0.2, -0.15) is 0 Å². The zero-order chi connectivity index (χ0) is 10.9. The monoisotopic (exact) mass is 326 g/mol. The maximum absolute atomic E-state index is 11.2. The first kappa shape index (κ1) is 11.4. The van der Waals surface area contributed by atoms with Crippen LogP contribution in [0, 0.1) is 3.57 Å². The third kappa shape index (κ3) is 2.44. The standard InChI is InChI=1S/C8H7IO4S/c1-14(12,13)7-3-2-5(9)4-6(7)8(10)11/h2-4H,1H3,(H,10,11). The highest BCUT2D eigenvalue weighted by atomic mass is 127. The van der Waals surface area contributed by atoms with Crippen LogP contribution in [0.2, 0.25) is 0 Å². The van der Waals surface area contributed by atoms with E-state index in [2.05, 4.69) is 0 Å². The Morgan fingerprint density at radius 3 is 2.43 bits per heavy atom. The molecule has 6 heteroatoms. The predicted molar refractivity (Wildman–Crippen MR) is 59.2 cm³/mol. The van der Waals surface area contributed by atoms with Crippen molar-refractivity contribution < 1.29 is 18.3 Å². The van der Waals surface area contributed by atoms with Crippen molar-refractivity contribution in [3.8, 4) is 0 Å². The summed E-state index contributed by atoms with van der Waals surface area (Å²) in [5.41, 5.74) is -0.181. The maximum Gasteiger partial charge on any atom is 0.337 e. The van der Waals surface area contributed by atoms with Crippen molar-refractivity contribution in [2.45, 2.75) is 4.90 Å². The minimum Gasteiger partial charge on any atom is -0.478 e. The molecule has 0 bridgehead atoms. The number of rotatable bonds is 2. The normalized spacial score (nSPS) is 11.3. The van der Waals surface area contributed by atoms with Gasteiger partial charge in [-0.1, -0.05) is 0 Å². The van der Waals surface area contributed by atoms with Gasteiger partial charge < -0.3 is 5.11 Å². The lowest BCUT2D eigenvalue weighted by Gasteiger charge is -2.03. The summed E-state index contributed by atoms with van der Waals surface area (Å²) in [6.45, 7) is 0. The van der Waals surface area contributed by atoms with Crippen molar-refractivity contribution in [3.63, 3.8) is 0 Å². The summed E-state index contributed by atoms with van der Waals surface area (Å²) >= 11 is 1.93. The lowest BCUT2D eigenvalue weighted by Crippen LogP contribution is -2.07. The first-order chi connectivity index (χ1) is 6.32. The average molecular weight is 326 g/mol. The lowest BCUT2D eigenvalue weighted by molar-refractivity contribution is 0.0692.